The van der Waals surface area contributed by atoms with Crippen molar-refractivity contribution in [1.82, 2.24) is 14.8 Å². The van der Waals surface area contributed by atoms with Crippen molar-refractivity contribution in [2.24, 2.45) is 0 Å². The second kappa shape index (κ2) is 9.90. The largest absolute Gasteiger partial charge is 0.353 e. The van der Waals surface area contributed by atoms with Crippen molar-refractivity contribution in [3.05, 3.63) is 85.2 Å². The molecule has 0 radical (unpaired) electrons. The smallest absolute Gasteiger partial charge is 0.157 e. The maximum atomic E-state index is 5.93. The highest BCUT2D eigenvalue weighted by molar-refractivity contribution is 5.81. The average molecular weight is 426 g/mol. The summed E-state index contributed by atoms with van der Waals surface area (Å²) in [5.74, 6) is 0. The summed E-state index contributed by atoms with van der Waals surface area (Å²) in [6.07, 6.45) is 7.15. The summed E-state index contributed by atoms with van der Waals surface area (Å²) in [5, 5.41) is 4.94. The summed E-state index contributed by atoms with van der Waals surface area (Å²) in [4.78, 5) is 4.58. The Balaban J connectivity index is 1.43. The van der Waals surface area contributed by atoms with E-state index in [1.165, 1.54) is 6.42 Å². The molecule has 1 aliphatic rings. The number of aromatic nitrogens is 3. The minimum Gasteiger partial charge on any atom is -0.353 e. The third kappa shape index (κ3) is 4.79. The van der Waals surface area contributed by atoms with E-state index in [4.69, 9.17) is 14.6 Å². The normalized spacial score (nSPS) is 16.2. The third-order valence-electron chi connectivity index (χ3n) is 5.71. The number of hydrogen-bond donors (Lipinski definition) is 0. The molecule has 2 aromatic carbocycles. The fourth-order valence-electron chi connectivity index (χ4n) is 4.04. The molecule has 1 fully saturated rings. The highest BCUT2D eigenvalue weighted by atomic mass is 16.7. The molecule has 1 unspecified atom stereocenters. The summed E-state index contributed by atoms with van der Waals surface area (Å²) in [5.41, 5.74) is 6.27. The van der Waals surface area contributed by atoms with E-state index in [2.05, 4.69) is 53.6 Å². The summed E-state index contributed by atoms with van der Waals surface area (Å²) in [7, 11) is 0. The van der Waals surface area contributed by atoms with Crippen LogP contribution in [0.15, 0.2) is 85.2 Å². The van der Waals surface area contributed by atoms with Gasteiger partial charge in [0.15, 0.2) is 6.29 Å². The van der Waals surface area contributed by atoms with Crippen molar-refractivity contribution < 1.29 is 9.47 Å². The number of benzene rings is 2. The van der Waals surface area contributed by atoms with Crippen LogP contribution in [0.2, 0.25) is 0 Å². The predicted octanol–water partition coefficient (Wildman–Crippen LogP) is 5.82. The van der Waals surface area contributed by atoms with E-state index in [1.54, 1.807) is 0 Å². The third-order valence-corrected chi connectivity index (χ3v) is 5.71. The SMILES string of the molecule is c1ccc(-c2cc(-c3nn(CCOC4CCCCO4)cc3-c3ccccc3)ccn2)cc1. The Morgan fingerprint density at radius 3 is 2.44 bits per heavy atom. The van der Waals surface area contributed by atoms with Crippen LogP contribution in [0, 0.1) is 0 Å². The van der Waals surface area contributed by atoms with Gasteiger partial charge in [0.2, 0.25) is 0 Å². The Hall–Kier alpha value is -3.28. The van der Waals surface area contributed by atoms with E-state index in [9.17, 15) is 0 Å². The van der Waals surface area contributed by atoms with Crippen LogP contribution >= 0.6 is 0 Å². The van der Waals surface area contributed by atoms with Crippen molar-refractivity contribution in [1.29, 1.82) is 0 Å². The van der Waals surface area contributed by atoms with Crippen LogP contribution in [-0.4, -0.2) is 34.3 Å². The van der Waals surface area contributed by atoms with Gasteiger partial charge < -0.3 is 9.47 Å². The first kappa shape index (κ1) is 20.6. The Labute approximate surface area is 188 Å². The second-order valence-electron chi connectivity index (χ2n) is 7.98. The molecule has 1 aliphatic heterocycles. The van der Waals surface area contributed by atoms with Gasteiger partial charge in [-0.2, -0.15) is 5.10 Å². The summed E-state index contributed by atoms with van der Waals surface area (Å²) >= 11 is 0. The van der Waals surface area contributed by atoms with Crippen molar-refractivity contribution in [2.75, 3.05) is 13.2 Å². The molecule has 2 aromatic heterocycles. The molecule has 162 valence electrons. The van der Waals surface area contributed by atoms with E-state index in [0.717, 1.165) is 53.1 Å². The first-order chi connectivity index (χ1) is 15.9. The van der Waals surface area contributed by atoms with Crippen LogP contribution in [0.25, 0.3) is 33.6 Å². The zero-order chi connectivity index (χ0) is 21.6. The molecule has 1 saturated heterocycles. The standard InChI is InChI=1S/C27H27N3O2/c1-3-9-21(10-4-1)24-20-30(16-18-32-26-13-7-8-17-31-26)29-27(24)23-14-15-28-25(19-23)22-11-5-2-6-12-22/h1-6,9-12,14-15,19-20,26H,7-8,13,16-18H2. The Morgan fingerprint density at radius 1 is 0.906 bits per heavy atom. The Bertz CT molecular complexity index is 1140. The van der Waals surface area contributed by atoms with Crippen molar-refractivity contribution in [2.45, 2.75) is 32.1 Å². The lowest BCUT2D eigenvalue weighted by atomic mass is 10.0. The van der Waals surface area contributed by atoms with Crippen molar-refractivity contribution >= 4 is 0 Å². The van der Waals surface area contributed by atoms with E-state index in [-0.39, 0.29) is 6.29 Å². The van der Waals surface area contributed by atoms with Gasteiger partial charge in [0, 0.05) is 35.7 Å². The van der Waals surface area contributed by atoms with Crippen LogP contribution in [0.3, 0.4) is 0 Å². The average Bonchev–Trinajstić information content (AvgIpc) is 3.30. The predicted molar refractivity (Wildman–Crippen MR) is 126 cm³/mol. The quantitative estimate of drug-likeness (QED) is 0.374. The highest BCUT2D eigenvalue weighted by Crippen LogP contribution is 2.32. The van der Waals surface area contributed by atoms with Gasteiger partial charge in [-0.15, -0.1) is 0 Å². The van der Waals surface area contributed by atoms with Gasteiger partial charge in [-0.1, -0.05) is 60.7 Å². The van der Waals surface area contributed by atoms with Crippen LogP contribution in [0.1, 0.15) is 19.3 Å². The minimum atomic E-state index is -0.0824. The summed E-state index contributed by atoms with van der Waals surface area (Å²) < 4.78 is 13.6. The summed E-state index contributed by atoms with van der Waals surface area (Å²) in [6.45, 7) is 2.04. The number of nitrogens with zero attached hydrogens (tertiary/aromatic N) is 3. The molecule has 0 N–H and O–H groups in total. The molecule has 5 heteroatoms. The molecule has 0 amide bonds. The summed E-state index contributed by atoms with van der Waals surface area (Å²) in [6, 6.07) is 24.8. The molecular weight excluding hydrogens is 398 g/mol. The maximum absolute atomic E-state index is 5.93. The van der Waals surface area contributed by atoms with Gasteiger partial charge in [-0.25, -0.2) is 0 Å². The van der Waals surface area contributed by atoms with Crippen LogP contribution in [0.5, 0.6) is 0 Å². The molecule has 0 aliphatic carbocycles. The first-order valence-corrected chi connectivity index (χ1v) is 11.2. The molecule has 0 bridgehead atoms. The van der Waals surface area contributed by atoms with Gasteiger partial charge in [0.05, 0.1) is 18.8 Å². The van der Waals surface area contributed by atoms with Gasteiger partial charge in [-0.3, -0.25) is 9.67 Å². The monoisotopic (exact) mass is 425 g/mol. The molecule has 0 spiro atoms. The number of pyridine rings is 1. The molecule has 3 heterocycles. The van der Waals surface area contributed by atoms with Crippen LogP contribution in [-0.2, 0) is 16.0 Å². The van der Waals surface area contributed by atoms with Crippen LogP contribution in [0.4, 0.5) is 0 Å². The lowest BCUT2D eigenvalue weighted by Gasteiger charge is -2.22. The Morgan fingerprint density at radius 2 is 1.69 bits per heavy atom. The molecule has 5 rings (SSSR count). The van der Waals surface area contributed by atoms with Gasteiger partial charge >= 0.3 is 0 Å². The molecule has 1 atom stereocenters. The second-order valence-corrected chi connectivity index (χ2v) is 7.98. The molecular formula is C27H27N3O2. The fourth-order valence-corrected chi connectivity index (χ4v) is 4.04. The van der Waals surface area contributed by atoms with Gasteiger partial charge in [-0.05, 0) is 37.0 Å². The topological polar surface area (TPSA) is 49.2 Å². The minimum absolute atomic E-state index is 0.0824. The van der Waals surface area contributed by atoms with E-state index >= 15 is 0 Å². The lowest BCUT2D eigenvalue weighted by Crippen LogP contribution is -2.24. The number of hydrogen-bond acceptors (Lipinski definition) is 4. The zero-order valence-electron chi connectivity index (χ0n) is 18.1. The zero-order valence-corrected chi connectivity index (χ0v) is 18.1. The molecule has 5 nitrogen and oxygen atoms in total. The van der Waals surface area contributed by atoms with E-state index < -0.39 is 0 Å². The van der Waals surface area contributed by atoms with Gasteiger partial charge in [0.25, 0.3) is 0 Å². The number of ether oxygens (including phenoxy) is 2. The lowest BCUT2D eigenvalue weighted by molar-refractivity contribution is -0.163. The highest BCUT2D eigenvalue weighted by Gasteiger charge is 2.16. The van der Waals surface area contributed by atoms with Crippen molar-refractivity contribution in [3.63, 3.8) is 0 Å². The first-order valence-electron chi connectivity index (χ1n) is 11.2. The van der Waals surface area contributed by atoms with E-state index in [1.807, 2.05) is 41.2 Å². The molecule has 0 saturated carbocycles. The van der Waals surface area contributed by atoms with Crippen LogP contribution < -0.4 is 0 Å². The van der Waals surface area contributed by atoms with Gasteiger partial charge in [0.1, 0.15) is 5.69 Å². The molecule has 32 heavy (non-hydrogen) atoms. The number of rotatable bonds is 7. The fraction of sp³-hybridized carbons (Fsp3) is 0.259. The van der Waals surface area contributed by atoms with E-state index in [0.29, 0.717) is 13.2 Å². The maximum Gasteiger partial charge on any atom is 0.157 e. The molecule has 4 aromatic rings. The Kier molecular flexibility index (Phi) is 6.37. The van der Waals surface area contributed by atoms with Crippen molar-refractivity contribution in [3.8, 4) is 33.6 Å².